The Morgan fingerprint density at radius 2 is 2.07 bits per heavy atom. The molecule has 1 saturated heterocycles. The summed E-state index contributed by atoms with van der Waals surface area (Å²) in [6.07, 6.45) is -3.35. The van der Waals surface area contributed by atoms with Gasteiger partial charge in [0.2, 0.25) is 5.91 Å². The van der Waals surface area contributed by atoms with Gasteiger partial charge in [0.25, 0.3) is 0 Å². The smallest absolute Gasteiger partial charge is 0.330 e. The number of hydrogen-bond acceptors (Lipinski definition) is 2. The van der Waals surface area contributed by atoms with Crippen molar-refractivity contribution in [1.29, 1.82) is 0 Å². The highest BCUT2D eigenvalue weighted by molar-refractivity contribution is 5.82. The minimum Gasteiger partial charge on any atom is -0.330 e. The lowest BCUT2D eigenvalue weighted by molar-refractivity contribution is -0.169. The number of nitrogens with two attached hydrogens (primary N) is 1. The summed E-state index contributed by atoms with van der Waals surface area (Å²) in [7, 11) is 0. The number of rotatable bonds is 1. The summed E-state index contributed by atoms with van der Waals surface area (Å²) in [5.74, 6) is -0.596. The number of alkyl halides is 3. The second-order valence-electron chi connectivity index (χ2n) is 3.61. The van der Waals surface area contributed by atoms with Crippen LogP contribution in [0.1, 0.15) is 19.8 Å². The maximum atomic E-state index is 12.1. The number of carbonyl (C=O) groups is 1. The quantitative estimate of drug-likeness (QED) is 0.698. The van der Waals surface area contributed by atoms with Crippen molar-refractivity contribution in [3.8, 4) is 0 Å². The first-order chi connectivity index (χ1) is 6.31. The van der Waals surface area contributed by atoms with E-state index in [0.717, 1.165) is 4.90 Å². The Balaban J connectivity index is 2.68. The van der Waals surface area contributed by atoms with Gasteiger partial charge in [-0.2, -0.15) is 13.2 Å². The third-order valence-electron chi connectivity index (χ3n) is 2.38. The van der Waals surface area contributed by atoms with Crippen molar-refractivity contribution in [2.24, 2.45) is 5.73 Å². The Labute approximate surface area is 80.0 Å². The van der Waals surface area contributed by atoms with Crippen LogP contribution in [0.25, 0.3) is 0 Å². The number of carbonyl (C=O) groups excluding carboxylic acids is 1. The van der Waals surface area contributed by atoms with Crippen molar-refractivity contribution in [2.45, 2.75) is 38.0 Å². The highest BCUT2D eigenvalue weighted by Gasteiger charge is 2.39. The fourth-order valence-electron chi connectivity index (χ4n) is 1.56. The first kappa shape index (κ1) is 11.3. The Kier molecular flexibility index (Phi) is 3.04. The zero-order chi connectivity index (χ0) is 10.9. The molecule has 0 bridgehead atoms. The molecule has 1 amide bonds. The number of halogens is 3. The van der Waals surface area contributed by atoms with Crippen molar-refractivity contribution >= 4 is 5.91 Å². The van der Waals surface area contributed by atoms with E-state index in [-0.39, 0.29) is 6.04 Å². The van der Waals surface area contributed by atoms with Gasteiger partial charge in [0, 0.05) is 6.04 Å². The van der Waals surface area contributed by atoms with Gasteiger partial charge in [-0.05, 0) is 19.8 Å². The Bertz CT molecular complexity index is 229. The van der Waals surface area contributed by atoms with Gasteiger partial charge in [-0.25, -0.2) is 0 Å². The molecule has 1 rings (SSSR count). The van der Waals surface area contributed by atoms with Crippen LogP contribution in [0.2, 0.25) is 0 Å². The Hall–Kier alpha value is -0.780. The molecule has 0 radical (unpaired) electrons. The van der Waals surface area contributed by atoms with E-state index < -0.39 is 24.7 Å². The molecule has 0 aliphatic carbocycles. The number of amides is 1. The molecule has 2 atom stereocenters. The van der Waals surface area contributed by atoms with Crippen LogP contribution >= 0.6 is 0 Å². The summed E-state index contributed by atoms with van der Waals surface area (Å²) in [4.78, 5) is 12.1. The van der Waals surface area contributed by atoms with Crippen molar-refractivity contribution in [2.75, 3.05) is 6.54 Å². The fraction of sp³-hybridized carbons (Fsp3) is 0.875. The Morgan fingerprint density at radius 3 is 2.57 bits per heavy atom. The van der Waals surface area contributed by atoms with Crippen LogP contribution in [0.5, 0.6) is 0 Å². The first-order valence-electron chi connectivity index (χ1n) is 4.44. The van der Waals surface area contributed by atoms with Crippen molar-refractivity contribution in [1.82, 2.24) is 4.90 Å². The average Bonchev–Trinajstić information content (AvgIpc) is 2.04. The molecule has 2 N–H and O–H groups in total. The monoisotopic (exact) mass is 210 g/mol. The molecule has 0 spiro atoms. The minimum atomic E-state index is -4.35. The maximum absolute atomic E-state index is 12.1. The second-order valence-corrected chi connectivity index (χ2v) is 3.61. The zero-order valence-electron chi connectivity index (χ0n) is 7.84. The molecule has 1 heterocycles. The summed E-state index contributed by atoms with van der Waals surface area (Å²) in [6, 6.07) is -1.14. The largest absolute Gasteiger partial charge is 0.406 e. The summed E-state index contributed by atoms with van der Waals surface area (Å²) in [5.41, 5.74) is 5.39. The molecule has 82 valence electrons. The van der Waals surface area contributed by atoms with Gasteiger partial charge in [0.15, 0.2) is 0 Å². The van der Waals surface area contributed by atoms with E-state index in [0.29, 0.717) is 12.8 Å². The highest BCUT2D eigenvalue weighted by atomic mass is 19.4. The van der Waals surface area contributed by atoms with E-state index in [9.17, 15) is 18.0 Å². The van der Waals surface area contributed by atoms with Crippen LogP contribution in [0, 0.1) is 0 Å². The van der Waals surface area contributed by atoms with Crippen LogP contribution in [-0.4, -0.2) is 35.6 Å². The van der Waals surface area contributed by atoms with Crippen molar-refractivity contribution in [3.05, 3.63) is 0 Å². The highest BCUT2D eigenvalue weighted by Crippen LogP contribution is 2.23. The van der Waals surface area contributed by atoms with Crippen molar-refractivity contribution in [3.63, 3.8) is 0 Å². The lowest BCUT2D eigenvalue weighted by Gasteiger charge is -2.36. The number of nitrogens with zero attached hydrogens (tertiary/aromatic N) is 1. The fourth-order valence-corrected chi connectivity index (χ4v) is 1.56. The van der Waals surface area contributed by atoms with E-state index in [1.807, 2.05) is 0 Å². The van der Waals surface area contributed by atoms with Gasteiger partial charge in [-0.3, -0.25) is 4.79 Å². The molecule has 0 aromatic heterocycles. The van der Waals surface area contributed by atoms with Gasteiger partial charge < -0.3 is 10.6 Å². The van der Waals surface area contributed by atoms with E-state index in [4.69, 9.17) is 5.73 Å². The molecule has 1 aliphatic rings. The second kappa shape index (κ2) is 3.76. The van der Waals surface area contributed by atoms with E-state index >= 15 is 0 Å². The van der Waals surface area contributed by atoms with E-state index in [2.05, 4.69) is 0 Å². The topological polar surface area (TPSA) is 46.3 Å². The summed E-state index contributed by atoms with van der Waals surface area (Å²) in [6.45, 7) is 0.413. The van der Waals surface area contributed by atoms with Crippen LogP contribution in [-0.2, 0) is 4.79 Å². The molecule has 2 unspecified atom stereocenters. The average molecular weight is 210 g/mol. The lowest BCUT2D eigenvalue weighted by Crippen LogP contribution is -2.54. The zero-order valence-corrected chi connectivity index (χ0v) is 7.84. The molecular formula is C8H13F3N2O. The number of likely N-dealkylation sites (tertiary alicyclic amines) is 1. The minimum absolute atomic E-state index is 0.371. The van der Waals surface area contributed by atoms with Gasteiger partial charge in [-0.1, -0.05) is 0 Å². The lowest BCUT2D eigenvalue weighted by atomic mass is 9.99. The van der Waals surface area contributed by atoms with E-state index in [1.165, 1.54) is 0 Å². The molecule has 0 aromatic carbocycles. The molecule has 0 aromatic rings. The molecule has 1 aliphatic heterocycles. The van der Waals surface area contributed by atoms with Gasteiger partial charge in [0.1, 0.15) is 6.54 Å². The van der Waals surface area contributed by atoms with Crippen LogP contribution < -0.4 is 5.73 Å². The standard InChI is InChI=1S/C8H13F3N2O/c1-5-2-3-6(12)7(14)13(5)4-8(9,10)11/h5-6H,2-4,12H2,1H3. The first-order valence-corrected chi connectivity index (χ1v) is 4.44. The van der Waals surface area contributed by atoms with Crippen LogP contribution in [0.3, 0.4) is 0 Å². The van der Waals surface area contributed by atoms with Gasteiger partial charge >= 0.3 is 6.18 Å². The summed E-state index contributed by atoms with van der Waals surface area (Å²) < 4.78 is 36.2. The summed E-state index contributed by atoms with van der Waals surface area (Å²) >= 11 is 0. The molecule has 6 heteroatoms. The molecule has 1 fully saturated rings. The number of hydrogen-bond donors (Lipinski definition) is 1. The molecule has 3 nitrogen and oxygen atoms in total. The van der Waals surface area contributed by atoms with E-state index in [1.54, 1.807) is 6.92 Å². The van der Waals surface area contributed by atoms with Gasteiger partial charge in [0.05, 0.1) is 6.04 Å². The molecule has 14 heavy (non-hydrogen) atoms. The van der Waals surface area contributed by atoms with Crippen LogP contribution in [0.15, 0.2) is 0 Å². The van der Waals surface area contributed by atoms with Crippen LogP contribution in [0.4, 0.5) is 13.2 Å². The predicted molar refractivity (Wildman–Crippen MR) is 44.4 cm³/mol. The number of piperidine rings is 1. The molecular weight excluding hydrogens is 197 g/mol. The molecule has 0 saturated carbocycles. The third kappa shape index (κ3) is 2.60. The maximum Gasteiger partial charge on any atom is 0.406 e. The van der Waals surface area contributed by atoms with Gasteiger partial charge in [-0.15, -0.1) is 0 Å². The Morgan fingerprint density at radius 1 is 1.50 bits per heavy atom. The summed E-state index contributed by atoms with van der Waals surface area (Å²) in [5, 5.41) is 0. The SMILES string of the molecule is CC1CCC(N)C(=O)N1CC(F)(F)F. The normalized spacial score (nSPS) is 29.5. The van der Waals surface area contributed by atoms with Crippen molar-refractivity contribution < 1.29 is 18.0 Å². The predicted octanol–water partition coefficient (Wildman–Crippen LogP) is 0.887. The third-order valence-corrected chi connectivity index (χ3v) is 2.38.